The third-order valence-corrected chi connectivity index (χ3v) is 4.75. The maximum absolute atomic E-state index is 5.27. The first-order chi connectivity index (χ1) is 9.21. The normalized spacial score (nSPS) is 11.4. The highest BCUT2D eigenvalue weighted by atomic mass is 32.1. The SMILES string of the molecule is CCCn1c(-c2cnc(C(CC)CC)s2)n[nH]c1=S. The molecule has 0 radical (unpaired) electrons. The Hall–Kier alpha value is -1.01. The molecule has 0 saturated heterocycles. The molecular formula is C13H20N4S2. The minimum atomic E-state index is 0.556. The maximum atomic E-state index is 5.27. The van der Waals surface area contributed by atoms with Gasteiger partial charge in [0.1, 0.15) is 0 Å². The van der Waals surface area contributed by atoms with Crippen molar-refractivity contribution in [1.82, 2.24) is 19.7 Å². The quantitative estimate of drug-likeness (QED) is 0.805. The van der Waals surface area contributed by atoms with Crippen LogP contribution in [0.5, 0.6) is 0 Å². The molecule has 2 aromatic heterocycles. The van der Waals surface area contributed by atoms with E-state index < -0.39 is 0 Å². The van der Waals surface area contributed by atoms with Crippen LogP contribution in [0.3, 0.4) is 0 Å². The summed E-state index contributed by atoms with van der Waals surface area (Å²) in [4.78, 5) is 5.66. The molecule has 6 heteroatoms. The first kappa shape index (κ1) is 14.4. The van der Waals surface area contributed by atoms with E-state index in [1.807, 2.05) is 6.20 Å². The summed E-state index contributed by atoms with van der Waals surface area (Å²) in [6.07, 6.45) is 5.23. The highest BCUT2D eigenvalue weighted by Crippen LogP contribution is 2.32. The van der Waals surface area contributed by atoms with Gasteiger partial charge in [-0.2, -0.15) is 5.10 Å². The number of nitrogens with zero attached hydrogens (tertiary/aromatic N) is 3. The molecule has 0 amide bonds. The van der Waals surface area contributed by atoms with Crippen molar-refractivity contribution in [3.8, 4) is 10.7 Å². The van der Waals surface area contributed by atoms with Gasteiger partial charge < -0.3 is 0 Å². The van der Waals surface area contributed by atoms with Crippen molar-refractivity contribution in [2.45, 2.75) is 52.5 Å². The molecule has 1 N–H and O–H groups in total. The molecule has 0 unspecified atom stereocenters. The van der Waals surface area contributed by atoms with E-state index in [9.17, 15) is 0 Å². The minimum Gasteiger partial charge on any atom is -0.299 e. The van der Waals surface area contributed by atoms with Crippen molar-refractivity contribution in [2.24, 2.45) is 0 Å². The highest BCUT2D eigenvalue weighted by molar-refractivity contribution is 7.71. The van der Waals surface area contributed by atoms with Crippen LogP contribution in [0.2, 0.25) is 0 Å². The number of hydrogen-bond donors (Lipinski definition) is 1. The molecule has 0 fully saturated rings. The van der Waals surface area contributed by atoms with E-state index in [1.54, 1.807) is 11.3 Å². The lowest BCUT2D eigenvalue weighted by molar-refractivity contribution is 0.637. The fraction of sp³-hybridized carbons (Fsp3) is 0.615. The zero-order valence-electron chi connectivity index (χ0n) is 11.6. The smallest absolute Gasteiger partial charge is 0.195 e. The van der Waals surface area contributed by atoms with Crippen LogP contribution in [0.1, 0.15) is 51.0 Å². The van der Waals surface area contributed by atoms with Gasteiger partial charge in [0, 0.05) is 18.7 Å². The largest absolute Gasteiger partial charge is 0.299 e. The molecule has 19 heavy (non-hydrogen) atoms. The summed E-state index contributed by atoms with van der Waals surface area (Å²) in [5, 5.41) is 8.43. The second-order valence-corrected chi connectivity index (χ2v) is 6.03. The fourth-order valence-corrected chi connectivity index (χ4v) is 3.56. The zero-order valence-corrected chi connectivity index (χ0v) is 13.3. The number of nitrogens with one attached hydrogen (secondary N) is 1. The molecule has 0 aliphatic carbocycles. The number of H-pyrrole nitrogens is 1. The standard InChI is InChI=1S/C13H20N4S2/c1-4-7-17-11(15-16-13(17)18)10-8-14-12(19-10)9(5-2)6-3/h8-9H,4-7H2,1-3H3,(H,16,18). The van der Waals surface area contributed by atoms with Gasteiger partial charge in [-0.05, 0) is 31.5 Å². The molecule has 2 aromatic rings. The van der Waals surface area contributed by atoms with E-state index in [-0.39, 0.29) is 0 Å². The van der Waals surface area contributed by atoms with Gasteiger partial charge in [-0.3, -0.25) is 9.67 Å². The summed E-state index contributed by atoms with van der Waals surface area (Å²) in [5.41, 5.74) is 0. The summed E-state index contributed by atoms with van der Waals surface area (Å²) in [6.45, 7) is 7.45. The predicted molar refractivity (Wildman–Crippen MR) is 82.1 cm³/mol. The number of rotatable bonds is 6. The van der Waals surface area contributed by atoms with Crippen LogP contribution < -0.4 is 0 Å². The van der Waals surface area contributed by atoms with Crippen molar-refractivity contribution < 1.29 is 0 Å². The van der Waals surface area contributed by atoms with Crippen LogP contribution in [-0.4, -0.2) is 19.7 Å². The van der Waals surface area contributed by atoms with E-state index in [1.165, 1.54) is 5.01 Å². The van der Waals surface area contributed by atoms with Crippen LogP contribution in [0.25, 0.3) is 10.7 Å². The molecule has 2 rings (SSSR count). The second-order valence-electron chi connectivity index (χ2n) is 4.58. The van der Waals surface area contributed by atoms with Crippen molar-refractivity contribution in [3.63, 3.8) is 0 Å². The number of hydrogen-bond acceptors (Lipinski definition) is 4. The Balaban J connectivity index is 2.35. The lowest BCUT2D eigenvalue weighted by Gasteiger charge is -2.07. The number of aromatic amines is 1. The molecule has 0 saturated carbocycles. The second kappa shape index (κ2) is 6.43. The maximum Gasteiger partial charge on any atom is 0.195 e. The monoisotopic (exact) mass is 296 g/mol. The Morgan fingerprint density at radius 2 is 2.11 bits per heavy atom. The van der Waals surface area contributed by atoms with Gasteiger partial charge >= 0.3 is 0 Å². The van der Waals surface area contributed by atoms with Crippen LogP contribution in [0, 0.1) is 4.77 Å². The molecular weight excluding hydrogens is 276 g/mol. The molecule has 0 aliphatic rings. The lowest BCUT2D eigenvalue weighted by Crippen LogP contribution is -1.98. The van der Waals surface area contributed by atoms with Crippen molar-refractivity contribution in [3.05, 3.63) is 16.0 Å². The van der Waals surface area contributed by atoms with E-state index in [2.05, 4.69) is 40.5 Å². The summed E-state index contributed by atoms with van der Waals surface area (Å²) in [7, 11) is 0. The van der Waals surface area contributed by atoms with Crippen LogP contribution in [-0.2, 0) is 6.54 Å². The molecule has 4 nitrogen and oxygen atoms in total. The highest BCUT2D eigenvalue weighted by Gasteiger charge is 2.16. The Bertz CT molecular complexity index is 577. The van der Waals surface area contributed by atoms with Crippen LogP contribution in [0.4, 0.5) is 0 Å². The summed E-state index contributed by atoms with van der Waals surface area (Å²) in [6, 6.07) is 0. The van der Waals surface area contributed by atoms with Gasteiger partial charge in [-0.25, -0.2) is 4.98 Å². The average molecular weight is 296 g/mol. The molecule has 104 valence electrons. The van der Waals surface area contributed by atoms with E-state index >= 15 is 0 Å². The summed E-state index contributed by atoms with van der Waals surface area (Å²) in [5.74, 6) is 1.47. The van der Waals surface area contributed by atoms with E-state index in [0.717, 1.165) is 36.5 Å². The molecule has 0 spiro atoms. The molecule has 2 heterocycles. The summed E-state index contributed by atoms with van der Waals surface area (Å²) >= 11 is 7.01. The van der Waals surface area contributed by atoms with E-state index in [4.69, 9.17) is 12.2 Å². The van der Waals surface area contributed by atoms with Gasteiger partial charge in [-0.1, -0.05) is 20.8 Å². The first-order valence-electron chi connectivity index (χ1n) is 6.82. The predicted octanol–water partition coefficient (Wildman–Crippen LogP) is 4.38. The third kappa shape index (κ3) is 2.95. The van der Waals surface area contributed by atoms with Gasteiger partial charge in [-0.15, -0.1) is 11.3 Å². The van der Waals surface area contributed by atoms with Gasteiger partial charge in [0.2, 0.25) is 0 Å². The topological polar surface area (TPSA) is 46.5 Å². The van der Waals surface area contributed by atoms with Crippen molar-refractivity contribution in [2.75, 3.05) is 0 Å². The zero-order chi connectivity index (χ0) is 13.8. The Morgan fingerprint density at radius 1 is 1.37 bits per heavy atom. The first-order valence-corrected chi connectivity index (χ1v) is 8.04. The van der Waals surface area contributed by atoms with Gasteiger partial charge in [0.25, 0.3) is 0 Å². The van der Waals surface area contributed by atoms with Crippen LogP contribution in [0.15, 0.2) is 6.20 Å². The van der Waals surface area contributed by atoms with Crippen LogP contribution >= 0.6 is 23.6 Å². The molecule has 0 atom stereocenters. The minimum absolute atomic E-state index is 0.556. The Morgan fingerprint density at radius 3 is 2.74 bits per heavy atom. The Labute approximate surface area is 122 Å². The van der Waals surface area contributed by atoms with E-state index in [0.29, 0.717) is 10.7 Å². The van der Waals surface area contributed by atoms with Crippen molar-refractivity contribution in [1.29, 1.82) is 0 Å². The molecule has 0 aliphatic heterocycles. The lowest BCUT2D eigenvalue weighted by atomic mass is 10.1. The number of thiazole rings is 1. The van der Waals surface area contributed by atoms with Crippen molar-refractivity contribution >= 4 is 23.6 Å². The molecule has 0 aromatic carbocycles. The molecule has 0 bridgehead atoms. The fourth-order valence-electron chi connectivity index (χ4n) is 2.15. The third-order valence-electron chi connectivity index (χ3n) is 3.28. The Kier molecular flexibility index (Phi) is 4.87. The van der Waals surface area contributed by atoms with Gasteiger partial charge in [0.15, 0.2) is 10.6 Å². The summed E-state index contributed by atoms with van der Waals surface area (Å²) < 4.78 is 2.74. The average Bonchev–Trinajstić information content (AvgIpc) is 3.00. The van der Waals surface area contributed by atoms with Gasteiger partial charge in [0.05, 0.1) is 9.88 Å². The number of aromatic nitrogens is 4.